The van der Waals surface area contributed by atoms with Crippen LogP contribution in [-0.4, -0.2) is 50.2 Å². The van der Waals surface area contributed by atoms with E-state index in [0.717, 1.165) is 19.6 Å². The van der Waals surface area contributed by atoms with Crippen molar-refractivity contribution in [1.29, 1.82) is 0 Å². The van der Waals surface area contributed by atoms with Crippen LogP contribution >= 0.6 is 0 Å². The number of nitrogens with zero attached hydrogens (tertiary/aromatic N) is 1. The van der Waals surface area contributed by atoms with Crippen LogP contribution < -0.4 is 5.73 Å². The van der Waals surface area contributed by atoms with Crippen molar-refractivity contribution in [2.24, 2.45) is 5.73 Å². The molecule has 3 nitrogen and oxygen atoms in total. The minimum Gasteiger partial charge on any atom is -0.374 e. The smallest absolute Gasteiger partial charge is 0.282 e. The van der Waals surface area contributed by atoms with Crippen molar-refractivity contribution in [1.82, 2.24) is 4.90 Å². The number of nitrogens with two attached hydrogens (primary N) is 1. The highest BCUT2D eigenvalue weighted by molar-refractivity contribution is 4.67. The first-order valence-corrected chi connectivity index (χ1v) is 5.02. The van der Waals surface area contributed by atoms with E-state index in [1.807, 2.05) is 0 Å². The minimum atomic E-state index is -2.87. The van der Waals surface area contributed by atoms with Crippen molar-refractivity contribution in [2.75, 3.05) is 39.4 Å². The van der Waals surface area contributed by atoms with Crippen LogP contribution in [0.3, 0.4) is 0 Å². The molecule has 0 amide bonds. The van der Waals surface area contributed by atoms with Gasteiger partial charge in [-0.15, -0.1) is 0 Å². The fraction of sp³-hybridized carbons (Fsp3) is 1.00. The van der Waals surface area contributed by atoms with Crippen molar-refractivity contribution in [3.05, 3.63) is 0 Å². The lowest BCUT2D eigenvalue weighted by molar-refractivity contribution is -0.0713. The molecule has 0 unspecified atom stereocenters. The molecule has 1 aliphatic rings. The SMILES string of the molecule is NCC(F)(F)COCCN1CCCC1. The first-order chi connectivity index (χ1) is 6.64. The molecule has 2 N–H and O–H groups in total. The first kappa shape index (κ1) is 11.8. The zero-order valence-corrected chi connectivity index (χ0v) is 8.35. The van der Waals surface area contributed by atoms with E-state index in [2.05, 4.69) is 4.90 Å². The van der Waals surface area contributed by atoms with Gasteiger partial charge in [0.15, 0.2) is 0 Å². The summed E-state index contributed by atoms with van der Waals surface area (Å²) in [5.74, 6) is -2.87. The summed E-state index contributed by atoms with van der Waals surface area (Å²) in [6.45, 7) is 2.05. The molecule has 0 aromatic heterocycles. The summed E-state index contributed by atoms with van der Waals surface area (Å²) in [5.41, 5.74) is 4.87. The van der Waals surface area contributed by atoms with Crippen LogP contribution in [0.5, 0.6) is 0 Å². The van der Waals surface area contributed by atoms with Crippen molar-refractivity contribution in [2.45, 2.75) is 18.8 Å². The lowest BCUT2D eigenvalue weighted by Crippen LogP contribution is -2.34. The summed E-state index contributed by atoms with van der Waals surface area (Å²) in [6, 6.07) is 0. The second-order valence-corrected chi connectivity index (χ2v) is 3.66. The predicted molar refractivity (Wildman–Crippen MR) is 50.5 cm³/mol. The Labute approximate surface area is 83.2 Å². The van der Waals surface area contributed by atoms with Gasteiger partial charge in [0.2, 0.25) is 0 Å². The molecule has 0 bridgehead atoms. The van der Waals surface area contributed by atoms with E-state index in [1.54, 1.807) is 0 Å². The van der Waals surface area contributed by atoms with Gasteiger partial charge in [-0.3, -0.25) is 0 Å². The van der Waals surface area contributed by atoms with Crippen molar-refractivity contribution in [3.63, 3.8) is 0 Å². The highest BCUT2D eigenvalue weighted by atomic mass is 19.3. The number of hydrogen-bond acceptors (Lipinski definition) is 3. The summed E-state index contributed by atoms with van der Waals surface area (Å²) in [5, 5.41) is 0. The maximum atomic E-state index is 12.6. The van der Waals surface area contributed by atoms with Gasteiger partial charge in [-0.25, -0.2) is 8.78 Å². The van der Waals surface area contributed by atoms with Gasteiger partial charge >= 0.3 is 0 Å². The van der Waals surface area contributed by atoms with E-state index >= 15 is 0 Å². The van der Waals surface area contributed by atoms with Crippen molar-refractivity contribution in [3.8, 4) is 0 Å². The van der Waals surface area contributed by atoms with Gasteiger partial charge in [-0.05, 0) is 25.9 Å². The van der Waals surface area contributed by atoms with Gasteiger partial charge in [-0.1, -0.05) is 0 Å². The van der Waals surface area contributed by atoms with Gasteiger partial charge in [0, 0.05) is 6.54 Å². The van der Waals surface area contributed by atoms with Crippen LogP contribution in [0.2, 0.25) is 0 Å². The average molecular weight is 208 g/mol. The summed E-state index contributed by atoms with van der Waals surface area (Å²) in [7, 11) is 0. The zero-order valence-electron chi connectivity index (χ0n) is 8.35. The number of halogens is 2. The molecule has 0 saturated carbocycles. The number of ether oxygens (including phenoxy) is 1. The molecule has 0 aromatic rings. The number of likely N-dealkylation sites (tertiary alicyclic amines) is 1. The highest BCUT2D eigenvalue weighted by Crippen LogP contribution is 2.11. The Morgan fingerprint density at radius 3 is 2.50 bits per heavy atom. The maximum Gasteiger partial charge on any atom is 0.282 e. The highest BCUT2D eigenvalue weighted by Gasteiger charge is 2.26. The van der Waals surface area contributed by atoms with Gasteiger partial charge in [-0.2, -0.15) is 0 Å². The Morgan fingerprint density at radius 2 is 1.93 bits per heavy atom. The molecule has 1 rings (SSSR count). The number of alkyl halides is 2. The summed E-state index contributed by atoms with van der Waals surface area (Å²) in [4.78, 5) is 2.22. The Kier molecular flexibility index (Phi) is 4.71. The van der Waals surface area contributed by atoms with Crippen molar-refractivity contribution >= 4 is 0 Å². The second-order valence-electron chi connectivity index (χ2n) is 3.66. The molecule has 0 radical (unpaired) electrons. The molecule has 1 heterocycles. The van der Waals surface area contributed by atoms with E-state index in [9.17, 15) is 8.78 Å². The van der Waals surface area contributed by atoms with Crippen LogP contribution in [-0.2, 0) is 4.74 Å². The number of hydrogen-bond donors (Lipinski definition) is 1. The molecule has 0 atom stereocenters. The number of rotatable bonds is 6. The fourth-order valence-electron chi connectivity index (χ4n) is 1.48. The molecule has 1 fully saturated rings. The zero-order chi connectivity index (χ0) is 10.4. The third-order valence-electron chi connectivity index (χ3n) is 2.36. The van der Waals surface area contributed by atoms with E-state index in [1.165, 1.54) is 12.8 Å². The van der Waals surface area contributed by atoms with E-state index in [-0.39, 0.29) is 0 Å². The standard InChI is InChI=1S/C9H18F2N2O/c10-9(11,7-12)8-14-6-5-13-3-1-2-4-13/h1-8,12H2. The average Bonchev–Trinajstić information content (AvgIpc) is 2.65. The third kappa shape index (κ3) is 4.30. The molecular weight excluding hydrogens is 190 g/mol. The lowest BCUT2D eigenvalue weighted by atomic mass is 10.4. The molecule has 1 aliphatic heterocycles. The van der Waals surface area contributed by atoms with E-state index in [4.69, 9.17) is 10.5 Å². The summed E-state index contributed by atoms with van der Waals surface area (Å²) < 4.78 is 30.1. The Hall–Kier alpha value is -0.260. The molecule has 14 heavy (non-hydrogen) atoms. The molecule has 1 saturated heterocycles. The van der Waals surface area contributed by atoms with Crippen LogP contribution in [0.15, 0.2) is 0 Å². The fourth-order valence-corrected chi connectivity index (χ4v) is 1.48. The molecule has 0 spiro atoms. The van der Waals surface area contributed by atoms with E-state index in [0.29, 0.717) is 6.61 Å². The Morgan fingerprint density at radius 1 is 1.29 bits per heavy atom. The van der Waals surface area contributed by atoms with Crippen LogP contribution in [0.4, 0.5) is 8.78 Å². The summed E-state index contributed by atoms with van der Waals surface area (Å²) in [6.07, 6.45) is 2.41. The molecule has 84 valence electrons. The van der Waals surface area contributed by atoms with Gasteiger partial charge in [0.25, 0.3) is 5.92 Å². The third-order valence-corrected chi connectivity index (χ3v) is 2.36. The maximum absolute atomic E-state index is 12.6. The predicted octanol–water partition coefficient (Wildman–Crippen LogP) is 0.693. The van der Waals surface area contributed by atoms with Crippen LogP contribution in [0.1, 0.15) is 12.8 Å². The Bertz CT molecular complexity index is 161. The molecule has 0 aliphatic carbocycles. The monoisotopic (exact) mass is 208 g/mol. The molecule has 0 aromatic carbocycles. The van der Waals surface area contributed by atoms with Crippen molar-refractivity contribution < 1.29 is 13.5 Å². The lowest BCUT2D eigenvalue weighted by Gasteiger charge is -2.17. The normalized spacial score (nSPS) is 19.1. The largest absolute Gasteiger partial charge is 0.374 e. The topological polar surface area (TPSA) is 38.5 Å². The molecular formula is C9H18F2N2O. The summed E-state index contributed by atoms with van der Waals surface area (Å²) >= 11 is 0. The second kappa shape index (κ2) is 5.58. The van der Waals surface area contributed by atoms with Gasteiger partial charge in [0.1, 0.15) is 6.61 Å². The first-order valence-electron chi connectivity index (χ1n) is 5.02. The quantitative estimate of drug-likeness (QED) is 0.653. The van der Waals surface area contributed by atoms with Crippen LogP contribution in [0.25, 0.3) is 0 Å². The van der Waals surface area contributed by atoms with Gasteiger partial charge in [0.05, 0.1) is 13.2 Å². The van der Waals surface area contributed by atoms with Crippen LogP contribution in [0, 0.1) is 0 Å². The molecule has 5 heteroatoms. The van der Waals surface area contributed by atoms with E-state index < -0.39 is 19.1 Å². The van der Waals surface area contributed by atoms with Gasteiger partial charge < -0.3 is 15.4 Å². The Balaban J connectivity index is 1.98. The minimum absolute atomic E-state index is 0.371.